The van der Waals surface area contributed by atoms with Crippen LogP contribution in [0, 0.1) is 13.8 Å². The average Bonchev–Trinajstić information content (AvgIpc) is 2.12. The molecule has 0 saturated carbocycles. The number of carboxylic acids is 1. The minimum absolute atomic E-state index is 0.0671. The van der Waals surface area contributed by atoms with Crippen molar-refractivity contribution in [2.24, 2.45) is 0 Å². The number of hydrogen-bond donors (Lipinski definition) is 3. The number of hydrogen-bond acceptors (Lipinski definition) is 3. The van der Waals surface area contributed by atoms with Crippen LogP contribution >= 0.6 is 0 Å². The Kier molecular flexibility index (Phi) is 2.76. The normalized spacial score (nSPS) is 12.5. The van der Waals surface area contributed by atoms with Gasteiger partial charge in [-0.2, -0.15) is 0 Å². The maximum Gasteiger partial charge on any atom is 0.337 e. The van der Waals surface area contributed by atoms with Crippen molar-refractivity contribution in [1.82, 2.24) is 0 Å². The first kappa shape index (κ1) is 10.5. The number of aromatic hydroxyl groups is 1. The summed E-state index contributed by atoms with van der Waals surface area (Å²) in [4.78, 5) is 10.6. The van der Waals surface area contributed by atoms with E-state index in [-0.39, 0.29) is 11.3 Å². The van der Waals surface area contributed by atoms with Gasteiger partial charge in [-0.15, -0.1) is 0 Å². The van der Waals surface area contributed by atoms with Crippen LogP contribution in [0.5, 0.6) is 5.75 Å². The van der Waals surface area contributed by atoms with Gasteiger partial charge in [0.1, 0.15) is 5.75 Å². The molecule has 0 fully saturated rings. The minimum Gasteiger partial charge on any atom is -0.508 e. The van der Waals surface area contributed by atoms with Gasteiger partial charge in [-0.05, 0) is 31.0 Å². The fraction of sp³-hybridized carbons (Fsp3) is 0.300. The maximum atomic E-state index is 10.6. The standard InChI is InChI=1S/C10H12O4/c1-5-3-4-7(11)8(6(5)2)9(12)10(13)14/h3-4,9,11-12H,1-2H3,(H,13,14). The van der Waals surface area contributed by atoms with Gasteiger partial charge in [0.2, 0.25) is 0 Å². The summed E-state index contributed by atoms with van der Waals surface area (Å²) in [7, 11) is 0. The second-order valence-electron chi connectivity index (χ2n) is 3.18. The van der Waals surface area contributed by atoms with Gasteiger partial charge in [-0.1, -0.05) is 6.07 Å². The smallest absolute Gasteiger partial charge is 0.337 e. The van der Waals surface area contributed by atoms with E-state index in [1.54, 1.807) is 19.9 Å². The lowest BCUT2D eigenvalue weighted by atomic mass is 9.98. The molecule has 0 spiro atoms. The number of aliphatic carboxylic acids is 1. The summed E-state index contributed by atoms with van der Waals surface area (Å²) in [5.74, 6) is -1.56. The van der Waals surface area contributed by atoms with Gasteiger partial charge < -0.3 is 15.3 Å². The quantitative estimate of drug-likeness (QED) is 0.662. The van der Waals surface area contributed by atoms with Crippen LogP contribution in [0.2, 0.25) is 0 Å². The molecule has 0 aliphatic carbocycles. The van der Waals surface area contributed by atoms with Gasteiger partial charge in [-0.3, -0.25) is 0 Å². The summed E-state index contributed by atoms with van der Waals surface area (Å²) in [6.45, 7) is 3.45. The second-order valence-corrected chi connectivity index (χ2v) is 3.18. The molecule has 4 nitrogen and oxygen atoms in total. The molecule has 0 amide bonds. The Morgan fingerprint density at radius 2 is 1.93 bits per heavy atom. The highest BCUT2D eigenvalue weighted by molar-refractivity contribution is 5.76. The van der Waals surface area contributed by atoms with E-state index in [1.165, 1.54) is 6.07 Å². The van der Waals surface area contributed by atoms with Crippen LogP contribution in [0.3, 0.4) is 0 Å². The van der Waals surface area contributed by atoms with Gasteiger partial charge in [-0.25, -0.2) is 4.79 Å². The van der Waals surface area contributed by atoms with Gasteiger partial charge in [0.15, 0.2) is 6.10 Å². The molecular weight excluding hydrogens is 184 g/mol. The zero-order chi connectivity index (χ0) is 10.9. The molecule has 3 N–H and O–H groups in total. The Balaban J connectivity index is 3.32. The largest absolute Gasteiger partial charge is 0.508 e. The van der Waals surface area contributed by atoms with E-state index in [1.807, 2.05) is 0 Å². The van der Waals surface area contributed by atoms with Crippen LogP contribution in [0.1, 0.15) is 22.8 Å². The van der Waals surface area contributed by atoms with E-state index < -0.39 is 12.1 Å². The molecule has 0 aliphatic heterocycles. The minimum atomic E-state index is -1.67. The van der Waals surface area contributed by atoms with Gasteiger partial charge >= 0.3 is 5.97 Å². The van der Waals surface area contributed by atoms with E-state index in [0.717, 1.165) is 5.56 Å². The monoisotopic (exact) mass is 196 g/mol. The number of rotatable bonds is 2. The third-order valence-corrected chi connectivity index (χ3v) is 2.27. The Bertz CT molecular complexity index is 371. The van der Waals surface area contributed by atoms with Crippen LogP contribution in [-0.2, 0) is 4.79 Å². The SMILES string of the molecule is Cc1ccc(O)c(C(O)C(=O)O)c1C. The third-order valence-electron chi connectivity index (χ3n) is 2.27. The molecule has 1 unspecified atom stereocenters. The van der Waals surface area contributed by atoms with Crippen molar-refractivity contribution in [2.75, 3.05) is 0 Å². The Morgan fingerprint density at radius 3 is 2.43 bits per heavy atom. The van der Waals surface area contributed by atoms with E-state index in [9.17, 15) is 15.0 Å². The van der Waals surface area contributed by atoms with Gasteiger partial charge in [0, 0.05) is 5.56 Å². The maximum absolute atomic E-state index is 10.6. The van der Waals surface area contributed by atoms with Crippen molar-refractivity contribution >= 4 is 5.97 Å². The molecule has 0 radical (unpaired) electrons. The second kappa shape index (κ2) is 3.67. The van der Waals surface area contributed by atoms with E-state index in [2.05, 4.69) is 0 Å². The number of aliphatic hydroxyl groups is 1. The van der Waals surface area contributed by atoms with E-state index in [0.29, 0.717) is 5.56 Å². The lowest BCUT2D eigenvalue weighted by Gasteiger charge is -2.13. The molecule has 1 aromatic rings. The fourth-order valence-electron chi connectivity index (χ4n) is 1.29. The predicted molar refractivity (Wildman–Crippen MR) is 50.2 cm³/mol. The van der Waals surface area contributed by atoms with Crippen LogP contribution in [0.15, 0.2) is 12.1 Å². The van der Waals surface area contributed by atoms with Crippen LogP contribution in [-0.4, -0.2) is 21.3 Å². The molecule has 4 heteroatoms. The lowest BCUT2D eigenvalue weighted by Crippen LogP contribution is -2.12. The summed E-state index contributed by atoms with van der Waals surface area (Å²) in [5.41, 5.74) is 1.50. The number of aliphatic hydroxyl groups excluding tert-OH is 1. The molecule has 0 aromatic heterocycles. The summed E-state index contributed by atoms with van der Waals surface area (Å²) in [6, 6.07) is 3.05. The topological polar surface area (TPSA) is 77.8 Å². The molecule has 0 saturated heterocycles. The van der Waals surface area contributed by atoms with E-state index >= 15 is 0 Å². The number of aryl methyl sites for hydroxylation is 1. The summed E-state index contributed by atoms with van der Waals surface area (Å²) in [6.07, 6.45) is -1.67. The molecular formula is C10H12O4. The summed E-state index contributed by atoms with van der Waals surface area (Å²) >= 11 is 0. The van der Waals surface area contributed by atoms with Crippen molar-refractivity contribution in [2.45, 2.75) is 20.0 Å². The molecule has 76 valence electrons. The highest BCUT2D eigenvalue weighted by Crippen LogP contribution is 2.29. The van der Waals surface area contributed by atoms with Crippen molar-refractivity contribution in [3.05, 3.63) is 28.8 Å². The number of phenolic OH excluding ortho intramolecular Hbond substituents is 1. The lowest BCUT2D eigenvalue weighted by molar-refractivity contribution is -0.147. The van der Waals surface area contributed by atoms with Crippen molar-refractivity contribution in [3.8, 4) is 5.75 Å². The molecule has 1 aromatic carbocycles. The molecule has 1 rings (SSSR count). The highest BCUT2D eigenvalue weighted by Gasteiger charge is 2.22. The van der Waals surface area contributed by atoms with E-state index in [4.69, 9.17) is 5.11 Å². The molecule has 0 bridgehead atoms. The van der Waals surface area contributed by atoms with Gasteiger partial charge in [0.25, 0.3) is 0 Å². The first-order valence-corrected chi connectivity index (χ1v) is 4.15. The Hall–Kier alpha value is -1.55. The van der Waals surface area contributed by atoms with Crippen molar-refractivity contribution in [1.29, 1.82) is 0 Å². The van der Waals surface area contributed by atoms with Crippen LogP contribution in [0.4, 0.5) is 0 Å². The molecule has 0 heterocycles. The first-order chi connectivity index (χ1) is 6.45. The van der Waals surface area contributed by atoms with Gasteiger partial charge in [0.05, 0.1) is 0 Å². The molecule has 0 aliphatic rings. The van der Waals surface area contributed by atoms with Crippen molar-refractivity contribution in [3.63, 3.8) is 0 Å². The average molecular weight is 196 g/mol. The number of benzene rings is 1. The van der Waals surface area contributed by atoms with Crippen LogP contribution in [0.25, 0.3) is 0 Å². The fourth-order valence-corrected chi connectivity index (χ4v) is 1.29. The summed E-state index contributed by atoms with van der Waals surface area (Å²) < 4.78 is 0. The predicted octanol–water partition coefficient (Wildman–Crippen LogP) is 1.13. The summed E-state index contributed by atoms with van der Waals surface area (Å²) in [5, 5.41) is 27.4. The highest BCUT2D eigenvalue weighted by atomic mass is 16.4. The van der Waals surface area contributed by atoms with Crippen LogP contribution < -0.4 is 0 Å². The molecule has 14 heavy (non-hydrogen) atoms. The Morgan fingerprint density at radius 1 is 1.36 bits per heavy atom. The number of phenols is 1. The zero-order valence-electron chi connectivity index (χ0n) is 7.98. The zero-order valence-corrected chi connectivity index (χ0v) is 7.98. The Labute approximate surface area is 81.4 Å². The first-order valence-electron chi connectivity index (χ1n) is 4.15. The molecule has 1 atom stereocenters. The number of carboxylic acid groups (broad SMARTS) is 1. The van der Waals surface area contributed by atoms with Crippen molar-refractivity contribution < 1.29 is 20.1 Å². The third kappa shape index (κ3) is 1.70. The number of carbonyl (C=O) groups is 1.